The molecule has 0 aromatic heterocycles. The van der Waals surface area contributed by atoms with E-state index in [9.17, 15) is 14.4 Å². The first-order valence-corrected chi connectivity index (χ1v) is 15.3. The molecule has 0 aromatic carbocycles. The molecule has 1 spiro atoms. The van der Waals surface area contributed by atoms with Crippen molar-refractivity contribution in [2.75, 3.05) is 14.2 Å². The fourth-order valence-corrected chi connectivity index (χ4v) is 10.2. The Morgan fingerprint density at radius 3 is 2.38 bits per heavy atom. The standard InChI is InChI=1S/C25H38O6Si/c1-16-13-24-14-25(16,31-32(5,6)7)12-9-17(24)23(15-26)11-8-10-22(2,21(28)30-4)19(23)18(24)20(27)29-3/h15,17-19H,1,8-14H2,2-7H3/t17-,18+,19+,22+,23+,24-,25-/m0/s1. The molecule has 2 bridgehead atoms. The van der Waals surface area contributed by atoms with Gasteiger partial charge in [-0.2, -0.15) is 0 Å². The third kappa shape index (κ3) is 2.89. The minimum atomic E-state index is -1.90. The molecule has 0 aromatic rings. The van der Waals surface area contributed by atoms with E-state index in [0.717, 1.165) is 31.1 Å². The Hall–Kier alpha value is -1.47. The van der Waals surface area contributed by atoms with Crippen LogP contribution >= 0.6 is 0 Å². The van der Waals surface area contributed by atoms with Gasteiger partial charge in [0.05, 0.1) is 31.2 Å². The summed E-state index contributed by atoms with van der Waals surface area (Å²) in [5.41, 5.74) is -1.54. The summed E-state index contributed by atoms with van der Waals surface area (Å²) in [4.78, 5) is 39.6. The first-order chi connectivity index (χ1) is 14.9. The summed E-state index contributed by atoms with van der Waals surface area (Å²) in [6, 6.07) is 0. The van der Waals surface area contributed by atoms with Crippen LogP contribution in [0.4, 0.5) is 0 Å². The maximum atomic E-state index is 13.5. The summed E-state index contributed by atoms with van der Waals surface area (Å²) in [6.07, 6.45) is 6.08. The maximum Gasteiger partial charge on any atom is 0.311 e. The SMILES string of the molecule is C=C1C[C@]23C[C@@]1(O[Si](C)(C)C)CC[C@H]2[C@]1(C=O)CCC[C@@](C)(C(=O)OC)[C@H]1[C@@H]3C(=O)OC. The predicted octanol–water partition coefficient (Wildman–Crippen LogP) is 4.29. The lowest BCUT2D eigenvalue weighted by Gasteiger charge is -2.50. The molecule has 7 heteroatoms. The highest BCUT2D eigenvalue weighted by atomic mass is 28.4. The minimum Gasteiger partial charge on any atom is -0.469 e. The van der Waals surface area contributed by atoms with Crippen molar-refractivity contribution in [3.63, 3.8) is 0 Å². The average molecular weight is 463 g/mol. The number of ether oxygens (including phenoxy) is 2. The normalized spacial score (nSPS) is 45.1. The van der Waals surface area contributed by atoms with E-state index in [2.05, 4.69) is 26.2 Å². The van der Waals surface area contributed by atoms with Crippen molar-refractivity contribution in [2.24, 2.45) is 34.0 Å². The van der Waals surface area contributed by atoms with E-state index in [-0.39, 0.29) is 17.9 Å². The first kappa shape index (κ1) is 23.7. The highest BCUT2D eigenvalue weighted by Crippen LogP contribution is 2.78. The van der Waals surface area contributed by atoms with Crippen molar-refractivity contribution in [1.82, 2.24) is 0 Å². The van der Waals surface area contributed by atoms with E-state index in [0.29, 0.717) is 25.7 Å². The summed E-state index contributed by atoms with van der Waals surface area (Å²) in [5.74, 6) is -1.66. The smallest absolute Gasteiger partial charge is 0.311 e. The van der Waals surface area contributed by atoms with Crippen molar-refractivity contribution >= 4 is 26.5 Å². The van der Waals surface area contributed by atoms with E-state index >= 15 is 0 Å². The molecule has 4 saturated carbocycles. The molecule has 0 N–H and O–H groups in total. The van der Waals surface area contributed by atoms with Crippen LogP contribution in [0.5, 0.6) is 0 Å². The van der Waals surface area contributed by atoms with Crippen molar-refractivity contribution in [2.45, 2.75) is 77.1 Å². The molecule has 178 valence electrons. The Kier molecular flexibility index (Phi) is 5.37. The number of rotatable bonds is 5. The summed E-state index contributed by atoms with van der Waals surface area (Å²) >= 11 is 0. The molecule has 0 saturated heterocycles. The Morgan fingerprint density at radius 2 is 1.81 bits per heavy atom. The average Bonchev–Trinajstić information content (AvgIpc) is 3.10. The van der Waals surface area contributed by atoms with Crippen LogP contribution in [0.1, 0.15) is 51.9 Å². The molecule has 32 heavy (non-hydrogen) atoms. The van der Waals surface area contributed by atoms with Gasteiger partial charge in [-0.3, -0.25) is 9.59 Å². The van der Waals surface area contributed by atoms with Crippen LogP contribution < -0.4 is 0 Å². The fourth-order valence-electron chi connectivity index (χ4n) is 8.68. The number of carbonyl (C=O) groups excluding carboxylic acids is 3. The van der Waals surface area contributed by atoms with E-state index in [1.807, 2.05) is 6.92 Å². The molecule has 0 unspecified atom stereocenters. The van der Waals surface area contributed by atoms with Crippen LogP contribution in [0.15, 0.2) is 12.2 Å². The van der Waals surface area contributed by atoms with Gasteiger partial charge in [-0.25, -0.2) is 0 Å². The monoisotopic (exact) mass is 462 g/mol. The van der Waals surface area contributed by atoms with Gasteiger partial charge in [0, 0.05) is 11.3 Å². The van der Waals surface area contributed by atoms with E-state index in [4.69, 9.17) is 13.9 Å². The third-order valence-corrected chi connectivity index (χ3v) is 10.3. The van der Waals surface area contributed by atoms with Crippen molar-refractivity contribution in [3.8, 4) is 0 Å². The lowest BCUT2D eigenvalue weighted by atomic mass is 9.53. The van der Waals surface area contributed by atoms with E-state index in [1.165, 1.54) is 14.2 Å². The Morgan fingerprint density at radius 1 is 1.12 bits per heavy atom. The molecule has 7 atom stereocenters. The van der Waals surface area contributed by atoms with Gasteiger partial charge in [-0.15, -0.1) is 0 Å². The van der Waals surface area contributed by atoms with Crippen molar-refractivity contribution < 1.29 is 28.3 Å². The Balaban J connectivity index is 1.93. The number of hydrogen-bond donors (Lipinski definition) is 0. The van der Waals surface area contributed by atoms with Gasteiger partial charge >= 0.3 is 11.9 Å². The Bertz CT molecular complexity index is 863. The zero-order chi connectivity index (χ0) is 23.7. The van der Waals surface area contributed by atoms with Gasteiger partial charge in [-0.05, 0) is 82.0 Å². The molecule has 0 amide bonds. The van der Waals surface area contributed by atoms with Gasteiger partial charge in [0.25, 0.3) is 0 Å². The summed E-state index contributed by atoms with van der Waals surface area (Å²) in [6.45, 7) is 12.9. The number of methoxy groups -OCH3 is 2. The van der Waals surface area contributed by atoms with Crippen LogP contribution in [-0.2, 0) is 28.3 Å². The lowest BCUT2D eigenvalue weighted by molar-refractivity contribution is -0.171. The van der Waals surface area contributed by atoms with E-state index in [1.54, 1.807) is 0 Å². The highest BCUT2D eigenvalue weighted by molar-refractivity contribution is 6.69. The molecule has 6 nitrogen and oxygen atoms in total. The summed E-state index contributed by atoms with van der Waals surface area (Å²) in [5, 5.41) is 0. The van der Waals surface area contributed by atoms with Crippen LogP contribution in [0.25, 0.3) is 0 Å². The maximum absolute atomic E-state index is 13.5. The van der Waals surface area contributed by atoms with Gasteiger partial charge in [0.2, 0.25) is 0 Å². The number of fused-ring (bicyclic) bond motifs is 3. The lowest BCUT2D eigenvalue weighted by Crippen LogP contribution is -2.53. The number of aldehydes is 1. The molecule has 0 radical (unpaired) electrons. The second-order valence-corrected chi connectivity index (χ2v) is 16.4. The largest absolute Gasteiger partial charge is 0.469 e. The number of esters is 2. The molecular weight excluding hydrogens is 424 g/mol. The highest BCUT2D eigenvalue weighted by Gasteiger charge is 2.79. The van der Waals surface area contributed by atoms with Gasteiger partial charge < -0.3 is 18.7 Å². The third-order valence-electron chi connectivity index (χ3n) is 9.33. The second kappa shape index (κ2) is 7.26. The summed E-state index contributed by atoms with van der Waals surface area (Å²) < 4.78 is 17.4. The summed E-state index contributed by atoms with van der Waals surface area (Å²) in [7, 11) is 0.904. The molecule has 4 aliphatic rings. The number of hydrogen-bond acceptors (Lipinski definition) is 6. The second-order valence-electron chi connectivity index (χ2n) is 12.0. The topological polar surface area (TPSA) is 78.9 Å². The van der Waals surface area contributed by atoms with Crippen molar-refractivity contribution in [1.29, 1.82) is 0 Å². The molecule has 0 aliphatic heterocycles. The predicted molar refractivity (Wildman–Crippen MR) is 122 cm³/mol. The first-order valence-electron chi connectivity index (χ1n) is 11.9. The zero-order valence-corrected chi connectivity index (χ0v) is 21.4. The molecular formula is C25H38O6Si. The zero-order valence-electron chi connectivity index (χ0n) is 20.4. The van der Waals surface area contributed by atoms with Crippen LogP contribution in [0.2, 0.25) is 19.6 Å². The molecule has 4 fully saturated rings. The van der Waals surface area contributed by atoms with Gasteiger partial charge in [-0.1, -0.05) is 13.0 Å². The van der Waals surface area contributed by atoms with Crippen molar-refractivity contribution in [3.05, 3.63) is 12.2 Å². The molecule has 4 aliphatic carbocycles. The van der Waals surface area contributed by atoms with Crippen LogP contribution in [-0.4, -0.2) is 46.4 Å². The van der Waals surface area contributed by atoms with Gasteiger partial charge in [0.1, 0.15) is 6.29 Å². The van der Waals surface area contributed by atoms with Crippen LogP contribution in [0.3, 0.4) is 0 Å². The fraction of sp³-hybridized carbons (Fsp3) is 0.800. The molecule has 0 heterocycles. The molecule has 4 rings (SSSR count). The minimum absolute atomic E-state index is 0.00323. The van der Waals surface area contributed by atoms with E-state index < -0.39 is 42.0 Å². The van der Waals surface area contributed by atoms with Crippen LogP contribution in [0, 0.1) is 34.0 Å². The Labute approximate surface area is 192 Å². The number of carbonyl (C=O) groups is 3. The quantitative estimate of drug-likeness (QED) is 0.262. The van der Waals surface area contributed by atoms with Gasteiger partial charge in [0.15, 0.2) is 8.32 Å².